The van der Waals surface area contributed by atoms with Crippen LogP contribution in [0.15, 0.2) is 0 Å². The summed E-state index contributed by atoms with van der Waals surface area (Å²) in [6.45, 7) is 0.962. The highest BCUT2D eigenvalue weighted by molar-refractivity contribution is 5.94. The second-order valence-electron chi connectivity index (χ2n) is 6.45. The molecule has 0 fully saturated rings. The Labute approximate surface area is 167 Å². The number of carbonyl (C=O) groups excluding carboxylic acids is 4. The molecule has 0 aromatic heterocycles. The zero-order valence-electron chi connectivity index (χ0n) is 16.2. The standard InChI is InChI=1S/C16H30N6O7/c1-8(18)13(25)20-9(4-2-3-5-17)14(26)22-11(7-23)15(27)21-10(16(28)29)6-12(19)24/h8-11,23H,2-7,17-18H2,1H3,(H2,19,24)(H,20,25)(H,21,27)(H,22,26)(H,28,29). The van der Waals surface area contributed by atoms with Gasteiger partial charge in [0.25, 0.3) is 0 Å². The molecule has 0 heterocycles. The number of aliphatic hydroxyl groups is 1. The van der Waals surface area contributed by atoms with Crippen LogP contribution in [0.2, 0.25) is 0 Å². The molecule has 0 rings (SSSR count). The molecular weight excluding hydrogens is 388 g/mol. The summed E-state index contributed by atoms with van der Waals surface area (Å²) in [5.74, 6) is -4.86. The lowest BCUT2D eigenvalue weighted by Crippen LogP contribution is -2.58. The maximum absolute atomic E-state index is 12.5. The Kier molecular flexibility index (Phi) is 12.1. The number of hydrogen-bond donors (Lipinski definition) is 8. The van der Waals surface area contributed by atoms with Gasteiger partial charge in [-0.15, -0.1) is 0 Å². The van der Waals surface area contributed by atoms with Crippen molar-refractivity contribution in [3.63, 3.8) is 0 Å². The molecule has 0 bridgehead atoms. The minimum absolute atomic E-state index is 0.209. The molecule has 0 aromatic carbocycles. The molecule has 4 atom stereocenters. The number of carboxylic acids is 1. The molecule has 11 N–H and O–H groups in total. The van der Waals surface area contributed by atoms with Crippen LogP contribution in [0.5, 0.6) is 0 Å². The summed E-state index contributed by atoms with van der Waals surface area (Å²) in [5.41, 5.74) is 15.8. The Bertz CT molecular complexity index is 598. The average molecular weight is 418 g/mol. The van der Waals surface area contributed by atoms with Crippen molar-refractivity contribution in [1.29, 1.82) is 0 Å². The van der Waals surface area contributed by atoms with Crippen molar-refractivity contribution in [3.8, 4) is 0 Å². The minimum atomic E-state index is -1.62. The average Bonchev–Trinajstić information content (AvgIpc) is 2.63. The van der Waals surface area contributed by atoms with Crippen molar-refractivity contribution in [2.24, 2.45) is 17.2 Å². The van der Waals surface area contributed by atoms with E-state index in [4.69, 9.17) is 22.3 Å². The summed E-state index contributed by atoms with van der Waals surface area (Å²) >= 11 is 0. The van der Waals surface area contributed by atoms with Gasteiger partial charge < -0.3 is 43.4 Å². The van der Waals surface area contributed by atoms with Gasteiger partial charge in [-0.2, -0.15) is 0 Å². The van der Waals surface area contributed by atoms with E-state index in [1.54, 1.807) is 0 Å². The number of rotatable bonds is 14. The van der Waals surface area contributed by atoms with Crippen molar-refractivity contribution in [3.05, 3.63) is 0 Å². The van der Waals surface area contributed by atoms with Gasteiger partial charge in [0.05, 0.1) is 19.1 Å². The van der Waals surface area contributed by atoms with Crippen LogP contribution in [-0.2, 0) is 24.0 Å². The molecule has 0 aliphatic carbocycles. The zero-order chi connectivity index (χ0) is 22.6. The van der Waals surface area contributed by atoms with E-state index < -0.39 is 66.8 Å². The van der Waals surface area contributed by atoms with E-state index in [-0.39, 0.29) is 6.42 Å². The van der Waals surface area contributed by atoms with Gasteiger partial charge in [0.1, 0.15) is 18.1 Å². The molecule has 0 aromatic rings. The lowest BCUT2D eigenvalue weighted by Gasteiger charge is -2.23. The van der Waals surface area contributed by atoms with Crippen LogP contribution in [-0.4, -0.2) is 77.1 Å². The Morgan fingerprint density at radius 2 is 1.41 bits per heavy atom. The van der Waals surface area contributed by atoms with Crippen LogP contribution in [0.4, 0.5) is 0 Å². The highest BCUT2D eigenvalue weighted by Gasteiger charge is 2.30. The van der Waals surface area contributed by atoms with Crippen molar-refractivity contribution >= 4 is 29.6 Å². The van der Waals surface area contributed by atoms with Crippen LogP contribution >= 0.6 is 0 Å². The summed E-state index contributed by atoms with van der Waals surface area (Å²) < 4.78 is 0. The van der Waals surface area contributed by atoms with Gasteiger partial charge in [0.15, 0.2) is 0 Å². The van der Waals surface area contributed by atoms with E-state index in [9.17, 15) is 29.1 Å². The van der Waals surface area contributed by atoms with E-state index >= 15 is 0 Å². The number of nitrogens with two attached hydrogens (primary N) is 3. The summed E-state index contributed by atoms with van der Waals surface area (Å²) in [4.78, 5) is 58.5. The van der Waals surface area contributed by atoms with Gasteiger partial charge in [-0.1, -0.05) is 0 Å². The molecule has 0 saturated heterocycles. The first kappa shape index (κ1) is 26.2. The van der Waals surface area contributed by atoms with Crippen LogP contribution < -0.4 is 33.2 Å². The summed E-state index contributed by atoms with van der Waals surface area (Å²) in [7, 11) is 0. The van der Waals surface area contributed by atoms with E-state index in [0.29, 0.717) is 19.4 Å². The van der Waals surface area contributed by atoms with E-state index in [2.05, 4.69) is 10.6 Å². The lowest BCUT2D eigenvalue weighted by molar-refractivity contribution is -0.144. The maximum Gasteiger partial charge on any atom is 0.326 e. The van der Waals surface area contributed by atoms with Crippen molar-refractivity contribution in [2.45, 2.75) is 56.8 Å². The number of carbonyl (C=O) groups is 5. The molecule has 0 spiro atoms. The van der Waals surface area contributed by atoms with Crippen LogP contribution in [0.3, 0.4) is 0 Å². The Morgan fingerprint density at radius 3 is 1.86 bits per heavy atom. The molecule has 166 valence electrons. The Morgan fingerprint density at radius 1 is 0.897 bits per heavy atom. The predicted octanol–water partition coefficient (Wildman–Crippen LogP) is -4.13. The summed E-state index contributed by atoms with van der Waals surface area (Å²) in [6.07, 6.45) is 0.638. The zero-order valence-corrected chi connectivity index (χ0v) is 16.2. The first-order valence-corrected chi connectivity index (χ1v) is 9.02. The smallest absolute Gasteiger partial charge is 0.326 e. The third kappa shape index (κ3) is 10.4. The predicted molar refractivity (Wildman–Crippen MR) is 101 cm³/mol. The Hall–Kier alpha value is -2.77. The van der Waals surface area contributed by atoms with E-state index in [1.807, 2.05) is 5.32 Å². The maximum atomic E-state index is 12.5. The second kappa shape index (κ2) is 13.4. The highest BCUT2D eigenvalue weighted by atomic mass is 16.4. The molecular formula is C16H30N6O7. The number of aliphatic carboxylic acids is 1. The first-order chi connectivity index (χ1) is 13.5. The highest BCUT2D eigenvalue weighted by Crippen LogP contribution is 2.03. The number of aliphatic hydroxyl groups excluding tert-OH is 1. The fourth-order valence-electron chi connectivity index (χ4n) is 2.20. The molecule has 0 aliphatic heterocycles. The number of carboxylic acid groups (broad SMARTS) is 1. The van der Waals surface area contributed by atoms with Gasteiger partial charge >= 0.3 is 5.97 Å². The molecule has 4 unspecified atom stereocenters. The van der Waals surface area contributed by atoms with Crippen molar-refractivity contribution in [2.75, 3.05) is 13.2 Å². The summed E-state index contributed by atoms with van der Waals surface area (Å²) in [6, 6.07) is -5.05. The topological polar surface area (TPSA) is 240 Å². The molecule has 29 heavy (non-hydrogen) atoms. The monoisotopic (exact) mass is 418 g/mol. The van der Waals surface area contributed by atoms with Crippen molar-refractivity contribution in [1.82, 2.24) is 16.0 Å². The lowest BCUT2D eigenvalue weighted by atomic mass is 10.1. The van der Waals surface area contributed by atoms with Gasteiger partial charge in [0.2, 0.25) is 23.6 Å². The van der Waals surface area contributed by atoms with Crippen LogP contribution in [0.25, 0.3) is 0 Å². The number of nitrogens with one attached hydrogen (secondary N) is 3. The normalized spacial score (nSPS) is 14.8. The molecule has 0 saturated carbocycles. The van der Waals surface area contributed by atoms with Crippen molar-refractivity contribution < 1.29 is 34.2 Å². The SMILES string of the molecule is CC(N)C(=O)NC(CCCCN)C(=O)NC(CO)C(=O)NC(CC(N)=O)C(=O)O. The summed E-state index contributed by atoms with van der Waals surface area (Å²) in [5, 5.41) is 25.1. The molecule has 13 nitrogen and oxygen atoms in total. The van der Waals surface area contributed by atoms with Gasteiger partial charge in [-0.25, -0.2) is 4.79 Å². The van der Waals surface area contributed by atoms with Crippen LogP contribution in [0.1, 0.15) is 32.6 Å². The number of hydrogen-bond acceptors (Lipinski definition) is 8. The molecule has 4 amide bonds. The third-order valence-electron chi connectivity index (χ3n) is 3.83. The van der Waals surface area contributed by atoms with Gasteiger partial charge in [0, 0.05) is 0 Å². The fourth-order valence-corrected chi connectivity index (χ4v) is 2.20. The largest absolute Gasteiger partial charge is 0.480 e. The fraction of sp³-hybridized carbons (Fsp3) is 0.688. The van der Waals surface area contributed by atoms with Gasteiger partial charge in [-0.3, -0.25) is 19.2 Å². The molecule has 13 heteroatoms. The second-order valence-corrected chi connectivity index (χ2v) is 6.45. The van der Waals surface area contributed by atoms with Gasteiger partial charge in [-0.05, 0) is 32.7 Å². The number of unbranched alkanes of at least 4 members (excludes halogenated alkanes) is 1. The number of amides is 4. The molecule has 0 aliphatic rings. The van der Waals surface area contributed by atoms with Crippen LogP contribution in [0, 0.1) is 0 Å². The third-order valence-corrected chi connectivity index (χ3v) is 3.83. The minimum Gasteiger partial charge on any atom is -0.480 e. The number of primary amides is 1. The van der Waals surface area contributed by atoms with E-state index in [1.165, 1.54) is 6.92 Å². The molecule has 0 radical (unpaired) electrons. The quantitative estimate of drug-likeness (QED) is 0.128. The first-order valence-electron chi connectivity index (χ1n) is 9.02. The Balaban J connectivity index is 5.14. The van der Waals surface area contributed by atoms with E-state index in [0.717, 1.165) is 0 Å².